The molecule has 3 rings (SSSR count). The highest BCUT2D eigenvalue weighted by Crippen LogP contribution is 2.23. The van der Waals surface area contributed by atoms with E-state index in [-0.39, 0.29) is 11.3 Å². The predicted octanol–water partition coefficient (Wildman–Crippen LogP) is 3.56. The van der Waals surface area contributed by atoms with Gasteiger partial charge in [-0.15, -0.1) is 0 Å². The number of aromatic carboxylic acids is 1. The number of carbonyl (C=O) groups excluding carboxylic acids is 1. The van der Waals surface area contributed by atoms with Crippen LogP contribution >= 0.6 is 0 Å². The number of methoxy groups -OCH3 is 1. The first-order valence-electron chi connectivity index (χ1n) is 8.00. The SMILES string of the molecule is COc1ccc(NC(=O)c2cc(Cc3ccccc3)c[nH]2)c(C(=O)O)c1. The number of ether oxygens (including phenoxy) is 1. The maximum absolute atomic E-state index is 12.4. The summed E-state index contributed by atoms with van der Waals surface area (Å²) in [7, 11) is 1.45. The molecule has 0 fully saturated rings. The number of benzene rings is 2. The van der Waals surface area contributed by atoms with Crippen molar-refractivity contribution in [1.82, 2.24) is 4.98 Å². The molecule has 3 aromatic rings. The van der Waals surface area contributed by atoms with Gasteiger partial charge in [-0.3, -0.25) is 4.79 Å². The highest BCUT2D eigenvalue weighted by molar-refractivity contribution is 6.07. The van der Waals surface area contributed by atoms with Gasteiger partial charge >= 0.3 is 5.97 Å². The van der Waals surface area contributed by atoms with Gasteiger partial charge in [-0.2, -0.15) is 0 Å². The molecule has 0 radical (unpaired) electrons. The highest BCUT2D eigenvalue weighted by Gasteiger charge is 2.16. The topological polar surface area (TPSA) is 91.4 Å². The van der Waals surface area contributed by atoms with Gasteiger partial charge in [0.15, 0.2) is 0 Å². The van der Waals surface area contributed by atoms with E-state index in [9.17, 15) is 14.7 Å². The molecular formula is C20H18N2O4. The summed E-state index contributed by atoms with van der Waals surface area (Å²) in [5.74, 6) is -1.14. The van der Waals surface area contributed by atoms with Crippen LogP contribution in [0.3, 0.4) is 0 Å². The van der Waals surface area contributed by atoms with Crippen LogP contribution in [0.5, 0.6) is 5.75 Å². The van der Waals surface area contributed by atoms with Crippen LogP contribution in [-0.2, 0) is 6.42 Å². The van der Waals surface area contributed by atoms with E-state index in [4.69, 9.17) is 4.74 Å². The number of hydrogen-bond donors (Lipinski definition) is 3. The standard InChI is InChI=1S/C20H18N2O4/c1-26-15-7-8-17(16(11-15)20(24)25)22-19(23)18-10-14(12-21-18)9-13-5-3-2-4-6-13/h2-8,10-12,21H,9H2,1H3,(H,22,23)(H,24,25). The molecule has 3 N–H and O–H groups in total. The number of anilines is 1. The van der Waals surface area contributed by atoms with Crippen LogP contribution in [0.1, 0.15) is 32.0 Å². The molecule has 2 aromatic carbocycles. The Balaban J connectivity index is 1.76. The summed E-state index contributed by atoms with van der Waals surface area (Å²) in [5, 5.41) is 12.0. The number of carbonyl (C=O) groups is 2. The molecular weight excluding hydrogens is 332 g/mol. The fourth-order valence-electron chi connectivity index (χ4n) is 2.63. The molecule has 0 bridgehead atoms. The van der Waals surface area contributed by atoms with Crippen LogP contribution < -0.4 is 10.1 Å². The second-order valence-electron chi connectivity index (χ2n) is 5.75. The van der Waals surface area contributed by atoms with Gasteiger partial charge in [0.05, 0.1) is 18.4 Å². The Hall–Kier alpha value is -3.54. The van der Waals surface area contributed by atoms with Gasteiger partial charge in [-0.1, -0.05) is 30.3 Å². The second-order valence-corrected chi connectivity index (χ2v) is 5.75. The number of carboxylic acids is 1. The first kappa shape index (κ1) is 17.3. The minimum atomic E-state index is -1.14. The zero-order chi connectivity index (χ0) is 18.5. The van der Waals surface area contributed by atoms with Crippen LogP contribution in [-0.4, -0.2) is 29.1 Å². The molecule has 0 aliphatic carbocycles. The number of H-pyrrole nitrogens is 1. The Morgan fingerprint density at radius 3 is 2.54 bits per heavy atom. The van der Waals surface area contributed by atoms with Gasteiger partial charge in [-0.05, 0) is 41.8 Å². The maximum Gasteiger partial charge on any atom is 0.337 e. The van der Waals surface area contributed by atoms with Crippen molar-refractivity contribution in [3.05, 3.63) is 83.2 Å². The first-order valence-corrected chi connectivity index (χ1v) is 8.00. The summed E-state index contributed by atoms with van der Waals surface area (Å²) in [6, 6.07) is 16.1. The van der Waals surface area contributed by atoms with Gasteiger partial charge in [0.25, 0.3) is 5.91 Å². The summed E-state index contributed by atoms with van der Waals surface area (Å²) in [5.41, 5.74) is 2.65. The van der Waals surface area contributed by atoms with Crippen molar-refractivity contribution >= 4 is 17.6 Å². The molecule has 0 saturated carbocycles. The van der Waals surface area contributed by atoms with Crippen molar-refractivity contribution in [3.8, 4) is 5.75 Å². The minimum absolute atomic E-state index is 0.0336. The smallest absolute Gasteiger partial charge is 0.337 e. The fraction of sp³-hybridized carbons (Fsp3) is 0.100. The average molecular weight is 350 g/mol. The fourth-order valence-corrected chi connectivity index (χ4v) is 2.63. The third-order valence-corrected chi connectivity index (χ3v) is 3.94. The van der Waals surface area contributed by atoms with E-state index < -0.39 is 11.9 Å². The third-order valence-electron chi connectivity index (χ3n) is 3.94. The molecule has 6 nitrogen and oxygen atoms in total. The molecule has 0 spiro atoms. The number of hydrogen-bond acceptors (Lipinski definition) is 3. The summed E-state index contributed by atoms with van der Waals surface area (Å²) >= 11 is 0. The van der Waals surface area contributed by atoms with Crippen molar-refractivity contribution in [2.75, 3.05) is 12.4 Å². The molecule has 1 heterocycles. The van der Waals surface area contributed by atoms with E-state index >= 15 is 0 Å². The number of aromatic amines is 1. The molecule has 1 aromatic heterocycles. The average Bonchev–Trinajstić information content (AvgIpc) is 3.11. The molecule has 6 heteroatoms. The monoisotopic (exact) mass is 350 g/mol. The second kappa shape index (κ2) is 7.57. The lowest BCUT2D eigenvalue weighted by atomic mass is 10.1. The molecule has 0 aliphatic heterocycles. The Labute approximate surface area is 150 Å². The molecule has 0 aliphatic rings. The Kier molecular flexibility index (Phi) is 5.03. The quantitative estimate of drug-likeness (QED) is 0.634. The van der Waals surface area contributed by atoms with Gasteiger partial charge in [0.2, 0.25) is 0 Å². The van der Waals surface area contributed by atoms with Gasteiger partial charge in [0.1, 0.15) is 11.4 Å². The normalized spacial score (nSPS) is 10.3. The van der Waals surface area contributed by atoms with Gasteiger partial charge < -0.3 is 20.1 Å². The summed E-state index contributed by atoms with van der Waals surface area (Å²) in [4.78, 5) is 26.8. The van der Waals surface area contributed by atoms with Crippen LogP contribution in [0, 0.1) is 0 Å². The van der Waals surface area contributed by atoms with E-state index in [0.29, 0.717) is 17.9 Å². The third kappa shape index (κ3) is 3.92. The van der Waals surface area contributed by atoms with Crippen LogP contribution in [0.4, 0.5) is 5.69 Å². The van der Waals surface area contributed by atoms with Crippen LogP contribution in [0.2, 0.25) is 0 Å². The van der Waals surface area contributed by atoms with Crippen molar-refractivity contribution in [2.45, 2.75) is 6.42 Å². The maximum atomic E-state index is 12.4. The highest BCUT2D eigenvalue weighted by atomic mass is 16.5. The lowest BCUT2D eigenvalue weighted by Crippen LogP contribution is -2.15. The number of carboxylic acid groups (broad SMARTS) is 1. The molecule has 132 valence electrons. The van der Waals surface area contributed by atoms with Gasteiger partial charge in [-0.25, -0.2) is 4.79 Å². The summed E-state index contributed by atoms with van der Waals surface area (Å²) in [6.07, 6.45) is 2.47. The van der Waals surface area contributed by atoms with E-state index in [1.54, 1.807) is 18.3 Å². The van der Waals surface area contributed by atoms with Crippen LogP contribution in [0.15, 0.2) is 60.8 Å². The lowest BCUT2D eigenvalue weighted by molar-refractivity contribution is 0.0697. The molecule has 1 amide bonds. The van der Waals surface area contributed by atoms with Crippen molar-refractivity contribution in [1.29, 1.82) is 0 Å². The lowest BCUT2D eigenvalue weighted by Gasteiger charge is -2.09. The molecule has 0 unspecified atom stereocenters. The number of nitrogens with one attached hydrogen (secondary N) is 2. The number of amides is 1. The van der Waals surface area contributed by atoms with Crippen molar-refractivity contribution in [2.24, 2.45) is 0 Å². The number of rotatable bonds is 6. The van der Waals surface area contributed by atoms with Crippen LogP contribution in [0.25, 0.3) is 0 Å². The molecule has 0 atom stereocenters. The predicted molar refractivity (Wildman–Crippen MR) is 97.9 cm³/mol. The zero-order valence-corrected chi connectivity index (χ0v) is 14.2. The van der Waals surface area contributed by atoms with E-state index in [1.165, 1.54) is 19.2 Å². The van der Waals surface area contributed by atoms with Crippen molar-refractivity contribution in [3.63, 3.8) is 0 Å². The molecule has 26 heavy (non-hydrogen) atoms. The van der Waals surface area contributed by atoms with E-state index in [2.05, 4.69) is 10.3 Å². The minimum Gasteiger partial charge on any atom is -0.497 e. The Bertz CT molecular complexity index is 932. The zero-order valence-electron chi connectivity index (χ0n) is 14.2. The van der Waals surface area contributed by atoms with E-state index in [1.807, 2.05) is 30.3 Å². The first-order chi connectivity index (χ1) is 12.6. The Morgan fingerprint density at radius 2 is 1.85 bits per heavy atom. The largest absolute Gasteiger partial charge is 0.497 e. The van der Waals surface area contributed by atoms with Crippen molar-refractivity contribution < 1.29 is 19.4 Å². The molecule has 0 saturated heterocycles. The summed E-state index contributed by atoms with van der Waals surface area (Å²) in [6.45, 7) is 0. The summed E-state index contributed by atoms with van der Waals surface area (Å²) < 4.78 is 5.03. The Morgan fingerprint density at radius 1 is 1.08 bits per heavy atom. The van der Waals surface area contributed by atoms with Gasteiger partial charge in [0, 0.05) is 6.20 Å². The van der Waals surface area contributed by atoms with E-state index in [0.717, 1.165) is 11.1 Å². The number of aromatic nitrogens is 1.